The number of benzene rings is 1. The molecule has 0 aliphatic carbocycles. The highest BCUT2D eigenvalue weighted by molar-refractivity contribution is 6.30. The number of aryl methyl sites for hydroxylation is 1. The van der Waals surface area contributed by atoms with E-state index in [1.54, 1.807) is 31.0 Å². The standard InChI is InChI=1S/C13H15ClN4O/c1-4-17(3)13(19)12-9(2)15-18(16-12)11-7-5-6-10(14)8-11/h5-8H,4H2,1-3H3. The zero-order valence-corrected chi connectivity index (χ0v) is 11.8. The number of hydrogen-bond acceptors (Lipinski definition) is 3. The lowest BCUT2D eigenvalue weighted by Crippen LogP contribution is -2.27. The fraction of sp³-hybridized carbons (Fsp3) is 0.308. The summed E-state index contributed by atoms with van der Waals surface area (Å²) in [6.45, 7) is 4.31. The van der Waals surface area contributed by atoms with Crippen LogP contribution in [-0.4, -0.2) is 39.4 Å². The van der Waals surface area contributed by atoms with E-state index < -0.39 is 0 Å². The van der Waals surface area contributed by atoms with Gasteiger partial charge < -0.3 is 4.90 Å². The molecule has 0 aliphatic heterocycles. The van der Waals surface area contributed by atoms with Crippen molar-refractivity contribution in [1.29, 1.82) is 0 Å². The molecule has 0 atom stereocenters. The quantitative estimate of drug-likeness (QED) is 0.866. The van der Waals surface area contributed by atoms with E-state index in [0.717, 1.165) is 5.69 Å². The average Bonchev–Trinajstić information content (AvgIpc) is 2.79. The average molecular weight is 279 g/mol. The van der Waals surface area contributed by atoms with Crippen molar-refractivity contribution in [2.24, 2.45) is 0 Å². The topological polar surface area (TPSA) is 51.0 Å². The van der Waals surface area contributed by atoms with Crippen molar-refractivity contribution in [3.05, 3.63) is 40.7 Å². The van der Waals surface area contributed by atoms with Gasteiger partial charge in [-0.05, 0) is 32.0 Å². The van der Waals surface area contributed by atoms with Gasteiger partial charge in [0.2, 0.25) is 0 Å². The number of aromatic nitrogens is 3. The summed E-state index contributed by atoms with van der Waals surface area (Å²) in [6, 6.07) is 7.18. The minimum absolute atomic E-state index is 0.131. The van der Waals surface area contributed by atoms with Crippen molar-refractivity contribution in [3.8, 4) is 5.69 Å². The molecular weight excluding hydrogens is 264 g/mol. The van der Waals surface area contributed by atoms with Gasteiger partial charge in [0.05, 0.1) is 11.4 Å². The van der Waals surface area contributed by atoms with E-state index in [0.29, 0.717) is 23.0 Å². The van der Waals surface area contributed by atoms with Crippen molar-refractivity contribution in [3.63, 3.8) is 0 Å². The molecule has 0 radical (unpaired) electrons. The summed E-state index contributed by atoms with van der Waals surface area (Å²) < 4.78 is 0. The Labute approximate surface area is 116 Å². The van der Waals surface area contributed by atoms with Crippen LogP contribution in [0.15, 0.2) is 24.3 Å². The van der Waals surface area contributed by atoms with E-state index >= 15 is 0 Å². The lowest BCUT2D eigenvalue weighted by molar-refractivity contribution is 0.0795. The zero-order valence-electron chi connectivity index (χ0n) is 11.1. The lowest BCUT2D eigenvalue weighted by atomic mass is 10.3. The van der Waals surface area contributed by atoms with E-state index in [9.17, 15) is 4.79 Å². The maximum Gasteiger partial charge on any atom is 0.276 e. The monoisotopic (exact) mass is 278 g/mol. The Morgan fingerprint density at radius 3 is 2.79 bits per heavy atom. The number of nitrogens with zero attached hydrogens (tertiary/aromatic N) is 4. The van der Waals surface area contributed by atoms with E-state index in [-0.39, 0.29) is 5.91 Å². The van der Waals surface area contributed by atoms with Crippen molar-refractivity contribution >= 4 is 17.5 Å². The first-order chi connectivity index (χ1) is 9.02. The first-order valence-electron chi connectivity index (χ1n) is 5.98. The third kappa shape index (κ3) is 2.76. The Balaban J connectivity index is 2.39. The predicted molar refractivity (Wildman–Crippen MR) is 73.7 cm³/mol. The molecular formula is C13H15ClN4O. The highest BCUT2D eigenvalue weighted by Crippen LogP contribution is 2.15. The van der Waals surface area contributed by atoms with Crippen LogP contribution in [-0.2, 0) is 0 Å². The summed E-state index contributed by atoms with van der Waals surface area (Å²) in [6.07, 6.45) is 0. The van der Waals surface area contributed by atoms with Gasteiger partial charge in [0, 0.05) is 18.6 Å². The van der Waals surface area contributed by atoms with Crippen LogP contribution >= 0.6 is 11.6 Å². The van der Waals surface area contributed by atoms with Crippen molar-refractivity contribution < 1.29 is 4.79 Å². The summed E-state index contributed by atoms with van der Waals surface area (Å²) in [5, 5.41) is 9.11. The van der Waals surface area contributed by atoms with Gasteiger partial charge in [-0.25, -0.2) is 0 Å². The maximum absolute atomic E-state index is 12.1. The molecule has 1 amide bonds. The highest BCUT2D eigenvalue weighted by atomic mass is 35.5. The SMILES string of the molecule is CCN(C)C(=O)c1nn(-c2cccc(Cl)c2)nc1C. The predicted octanol–water partition coefficient (Wildman–Crippen LogP) is 2.32. The lowest BCUT2D eigenvalue weighted by Gasteiger charge is -2.12. The Kier molecular flexibility index (Phi) is 3.85. The molecule has 0 bridgehead atoms. The highest BCUT2D eigenvalue weighted by Gasteiger charge is 2.19. The van der Waals surface area contributed by atoms with Crippen molar-refractivity contribution in [2.45, 2.75) is 13.8 Å². The second-order valence-corrected chi connectivity index (χ2v) is 4.66. The van der Waals surface area contributed by atoms with E-state index in [1.807, 2.05) is 19.1 Å². The Hall–Kier alpha value is -1.88. The normalized spacial score (nSPS) is 10.5. The third-order valence-electron chi connectivity index (χ3n) is 2.84. The van der Waals surface area contributed by atoms with Gasteiger partial charge in [-0.3, -0.25) is 4.79 Å². The Morgan fingerprint density at radius 2 is 2.16 bits per heavy atom. The van der Waals surface area contributed by atoms with Crippen molar-refractivity contribution in [1.82, 2.24) is 19.9 Å². The minimum atomic E-state index is -0.131. The third-order valence-corrected chi connectivity index (χ3v) is 3.08. The fourth-order valence-corrected chi connectivity index (χ4v) is 1.80. The van der Waals surface area contributed by atoms with Gasteiger partial charge in [-0.1, -0.05) is 17.7 Å². The summed E-state index contributed by atoms with van der Waals surface area (Å²) in [5.74, 6) is -0.131. The van der Waals surface area contributed by atoms with Crippen LogP contribution in [0.1, 0.15) is 23.1 Å². The van der Waals surface area contributed by atoms with Crippen LogP contribution in [0.4, 0.5) is 0 Å². The van der Waals surface area contributed by atoms with Crippen LogP contribution in [0.2, 0.25) is 5.02 Å². The van der Waals surface area contributed by atoms with Crippen LogP contribution in [0, 0.1) is 6.92 Å². The molecule has 1 aromatic carbocycles. The molecule has 100 valence electrons. The zero-order chi connectivity index (χ0) is 14.0. The van der Waals surface area contributed by atoms with E-state index in [1.165, 1.54) is 4.80 Å². The smallest absolute Gasteiger partial charge is 0.276 e. The van der Waals surface area contributed by atoms with Crippen LogP contribution < -0.4 is 0 Å². The second kappa shape index (κ2) is 5.40. The van der Waals surface area contributed by atoms with E-state index in [2.05, 4.69) is 10.2 Å². The first kappa shape index (κ1) is 13.5. The molecule has 0 aliphatic rings. The van der Waals surface area contributed by atoms with Crippen molar-refractivity contribution in [2.75, 3.05) is 13.6 Å². The molecule has 0 N–H and O–H groups in total. The number of hydrogen-bond donors (Lipinski definition) is 0. The molecule has 0 unspecified atom stereocenters. The van der Waals surface area contributed by atoms with E-state index in [4.69, 9.17) is 11.6 Å². The number of amides is 1. The first-order valence-corrected chi connectivity index (χ1v) is 6.36. The molecule has 5 nitrogen and oxygen atoms in total. The molecule has 2 aromatic rings. The summed E-state index contributed by atoms with van der Waals surface area (Å²) in [5.41, 5.74) is 1.70. The molecule has 2 rings (SSSR count). The van der Waals surface area contributed by atoms with Crippen LogP contribution in [0.5, 0.6) is 0 Å². The molecule has 6 heteroatoms. The molecule has 0 saturated heterocycles. The fourth-order valence-electron chi connectivity index (χ4n) is 1.62. The van der Waals surface area contributed by atoms with Gasteiger partial charge in [0.25, 0.3) is 5.91 Å². The summed E-state index contributed by atoms with van der Waals surface area (Å²) >= 11 is 5.93. The maximum atomic E-state index is 12.1. The van der Waals surface area contributed by atoms with Gasteiger partial charge >= 0.3 is 0 Å². The number of carbonyl (C=O) groups is 1. The van der Waals surface area contributed by atoms with Gasteiger partial charge in [-0.2, -0.15) is 9.90 Å². The van der Waals surface area contributed by atoms with Gasteiger partial charge in [-0.15, -0.1) is 5.10 Å². The second-order valence-electron chi connectivity index (χ2n) is 4.22. The molecule has 1 heterocycles. The molecule has 0 saturated carbocycles. The van der Waals surface area contributed by atoms with Crippen LogP contribution in [0.3, 0.4) is 0 Å². The summed E-state index contributed by atoms with van der Waals surface area (Å²) in [4.78, 5) is 15.1. The molecule has 1 aromatic heterocycles. The summed E-state index contributed by atoms with van der Waals surface area (Å²) in [7, 11) is 1.74. The van der Waals surface area contributed by atoms with Crippen LogP contribution in [0.25, 0.3) is 5.69 Å². The number of carbonyl (C=O) groups excluding carboxylic acids is 1. The van der Waals surface area contributed by atoms with Gasteiger partial charge in [0.15, 0.2) is 5.69 Å². The molecule has 19 heavy (non-hydrogen) atoms. The number of rotatable bonds is 3. The largest absolute Gasteiger partial charge is 0.341 e. The number of halogens is 1. The Bertz CT molecular complexity index is 608. The molecule has 0 fully saturated rings. The van der Waals surface area contributed by atoms with Gasteiger partial charge in [0.1, 0.15) is 0 Å². The Morgan fingerprint density at radius 1 is 1.42 bits per heavy atom. The minimum Gasteiger partial charge on any atom is -0.341 e. The molecule has 0 spiro atoms.